The zero-order chi connectivity index (χ0) is 22.4. The summed E-state index contributed by atoms with van der Waals surface area (Å²) in [6.45, 7) is 0.255. The fraction of sp³-hybridized carbons (Fsp3) is 0.300. The van der Waals surface area contributed by atoms with E-state index in [1.807, 2.05) is 0 Å². The lowest BCUT2D eigenvalue weighted by atomic mass is 10.1. The number of carbonyl (C=O) groups is 2. The molecule has 0 fully saturated rings. The quantitative estimate of drug-likeness (QED) is 0.394. The number of amides is 1. The lowest BCUT2D eigenvalue weighted by Crippen LogP contribution is -2.66. The van der Waals surface area contributed by atoms with Crippen LogP contribution in [0.2, 0.25) is 0 Å². The molecule has 0 spiro atoms. The van der Waals surface area contributed by atoms with E-state index in [1.165, 1.54) is 38.3 Å². The highest BCUT2D eigenvalue weighted by Gasteiger charge is 2.65. The highest BCUT2D eigenvalue weighted by Crippen LogP contribution is 2.34. The van der Waals surface area contributed by atoms with Crippen LogP contribution in [0, 0.1) is 5.82 Å². The van der Waals surface area contributed by atoms with Gasteiger partial charge in [0.05, 0.1) is 20.3 Å². The number of benzene rings is 2. The smallest absolute Gasteiger partial charge is 0.448 e. The van der Waals surface area contributed by atoms with E-state index in [0.29, 0.717) is 5.75 Å². The van der Waals surface area contributed by atoms with Gasteiger partial charge in [-0.2, -0.15) is 13.2 Å². The molecule has 0 saturated carbocycles. The normalized spacial score (nSPS) is 13.3. The fourth-order valence-electron chi connectivity index (χ4n) is 2.39. The average Bonchev–Trinajstić information content (AvgIpc) is 2.71. The van der Waals surface area contributed by atoms with Crippen LogP contribution in [-0.2, 0) is 20.9 Å². The second-order valence-electron chi connectivity index (χ2n) is 6.00. The number of halogens is 4. The van der Waals surface area contributed by atoms with Crippen LogP contribution < -0.4 is 10.1 Å². The van der Waals surface area contributed by atoms with Gasteiger partial charge in [-0.15, -0.1) is 0 Å². The summed E-state index contributed by atoms with van der Waals surface area (Å²) in [5.41, 5.74) is -3.79. The number of hydrogen-bond acceptors (Lipinski definition) is 5. The molecule has 10 heteroatoms. The summed E-state index contributed by atoms with van der Waals surface area (Å²) in [4.78, 5) is 24.7. The lowest BCUT2D eigenvalue weighted by molar-refractivity contribution is -0.287. The van der Waals surface area contributed by atoms with Crippen LogP contribution in [0.15, 0.2) is 48.5 Å². The summed E-state index contributed by atoms with van der Waals surface area (Å²) in [5.74, 6) is -3.35. The van der Waals surface area contributed by atoms with Crippen LogP contribution in [0.1, 0.15) is 22.8 Å². The number of esters is 1. The van der Waals surface area contributed by atoms with Crippen LogP contribution in [0.5, 0.6) is 5.75 Å². The molecular formula is C20H19F4NO5. The zero-order valence-electron chi connectivity index (χ0n) is 16.1. The molecule has 1 unspecified atom stereocenters. The number of nitrogens with one attached hydrogen (secondary N) is 1. The summed E-state index contributed by atoms with van der Waals surface area (Å²) in [6, 6.07) is 9.60. The first kappa shape index (κ1) is 23.1. The summed E-state index contributed by atoms with van der Waals surface area (Å²) >= 11 is 0. The Morgan fingerprint density at radius 1 is 1.00 bits per heavy atom. The van der Waals surface area contributed by atoms with Crippen LogP contribution in [-0.4, -0.2) is 37.5 Å². The molecule has 0 aliphatic heterocycles. The molecule has 0 heterocycles. The van der Waals surface area contributed by atoms with Gasteiger partial charge in [-0.1, -0.05) is 12.1 Å². The van der Waals surface area contributed by atoms with Crippen molar-refractivity contribution in [3.8, 4) is 5.75 Å². The monoisotopic (exact) mass is 429 g/mol. The highest BCUT2D eigenvalue weighted by molar-refractivity contribution is 5.98. The van der Waals surface area contributed by atoms with E-state index in [1.54, 1.807) is 5.32 Å². The molecule has 30 heavy (non-hydrogen) atoms. The van der Waals surface area contributed by atoms with Crippen molar-refractivity contribution < 1.29 is 41.4 Å². The Labute approximate surface area is 169 Å². The molecule has 2 aromatic rings. The van der Waals surface area contributed by atoms with Crippen LogP contribution in [0.25, 0.3) is 0 Å². The molecule has 0 radical (unpaired) electrons. The van der Waals surface area contributed by atoms with Gasteiger partial charge in [0.25, 0.3) is 5.91 Å². The Kier molecular flexibility index (Phi) is 7.38. The fourth-order valence-corrected chi connectivity index (χ4v) is 2.39. The maximum Gasteiger partial charge on any atom is 0.448 e. The molecule has 0 saturated heterocycles. The molecular weight excluding hydrogens is 410 g/mol. The van der Waals surface area contributed by atoms with Gasteiger partial charge < -0.3 is 19.5 Å². The molecule has 0 bridgehead atoms. The molecule has 2 rings (SSSR count). The summed E-state index contributed by atoms with van der Waals surface area (Å²) in [6.07, 6.45) is -5.36. The molecule has 1 N–H and O–H groups in total. The second-order valence-corrected chi connectivity index (χ2v) is 6.00. The zero-order valence-corrected chi connectivity index (χ0v) is 16.1. The van der Waals surface area contributed by atoms with Gasteiger partial charge in [0.2, 0.25) is 0 Å². The minimum atomic E-state index is -5.36. The van der Waals surface area contributed by atoms with Gasteiger partial charge in [0.15, 0.2) is 0 Å². The largest absolute Gasteiger partial charge is 0.497 e. The van der Waals surface area contributed by atoms with Crippen molar-refractivity contribution in [2.75, 3.05) is 13.7 Å². The van der Waals surface area contributed by atoms with Crippen molar-refractivity contribution in [3.63, 3.8) is 0 Å². The Balaban J connectivity index is 2.36. The minimum absolute atomic E-state index is 0.282. The van der Waals surface area contributed by atoms with Gasteiger partial charge in [0, 0.05) is 5.56 Å². The van der Waals surface area contributed by atoms with E-state index in [4.69, 9.17) is 9.47 Å². The number of hydrogen-bond donors (Lipinski definition) is 1. The van der Waals surface area contributed by atoms with Crippen LogP contribution >= 0.6 is 0 Å². The van der Waals surface area contributed by atoms with Gasteiger partial charge in [0.1, 0.15) is 11.6 Å². The van der Waals surface area contributed by atoms with Crippen molar-refractivity contribution in [2.24, 2.45) is 0 Å². The Morgan fingerprint density at radius 3 is 2.10 bits per heavy atom. The van der Waals surface area contributed by atoms with E-state index in [2.05, 4.69) is 4.74 Å². The van der Waals surface area contributed by atoms with Gasteiger partial charge in [-0.3, -0.25) is 4.79 Å². The second kappa shape index (κ2) is 9.57. The molecule has 0 aliphatic carbocycles. The number of carbonyl (C=O) groups excluding carboxylic acids is 2. The molecule has 2 aromatic carbocycles. The van der Waals surface area contributed by atoms with E-state index in [9.17, 15) is 27.2 Å². The highest BCUT2D eigenvalue weighted by atomic mass is 19.4. The molecule has 0 aromatic heterocycles. The van der Waals surface area contributed by atoms with Crippen molar-refractivity contribution in [1.29, 1.82) is 0 Å². The predicted octanol–water partition coefficient (Wildman–Crippen LogP) is 3.60. The topological polar surface area (TPSA) is 73.9 Å². The average molecular weight is 429 g/mol. The maximum atomic E-state index is 14.0. The third-order valence-electron chi connectivity index (χ3n) is 3.97. The predicted molar refractivity (Wildman–Crippen MR) is 97.1 cm³/mol. The first-order chi connectivity index (χ1) is 14.1. The lowest BCUT2D eigenvalue weighted by Gasteiger charge is -2.33. The van der Waals surface area contributed by atoms with Crippen LogP contribution in [0.3, 0.4) is 0 Å². The third-order valence-corrected chi connectivity index (χ3v) is 3.97. The van der Waals surface area contributed by atoms with E-state index < -0.39 is 36.2 Å². The van der Waals surface area contributed by atoms with Gasteiger partial charge >= 0.3 is 17.9 Å². The summed E-state index contributed by atoms with van der Waals surface area (Å²) < 4.78 is 69.5. The third kappa shape index (κ3) is 5.26. The Bertz CT molecular complexity index is 868. The number of methoxy groups -OCH3 is 1. The number of alkyl halides is 3. The summed E-state index contributed by atoms with van der Waals surface area (Å²) in [7, 11) is 1.42. The maximum absolute atomic E-state index is 14.0. The van der Waals surface area contributed by atoms with Crippen LogP contribution in [0.4, 0.5) is 17.6 Å². The first-order valence-corrected chi connectivity index (χ1v) is 8.72. The number of ether oxygens (including phenoxy) is 3. The van der Waals surface area contributed by atoms with Crippen molar-refractivity contribution >= 4 is 11.9 Å². The van der Waals surface area contributed by atoms with Gasteiger partial charge in [-0.25, -0.2) is 9.18 Å². The number of rotatable bonds is 8. The van der Waals surface area contributed by atoms with E-state index >= 15 is 0 Å². The summed E-state index contributed by atoms with van der Waals surface area (Å²) in [5, 5.41) is 1.58. The Morgan fingerprint density at radius 2 is 1.60 bits per heavy atom. The molecule has 162 valence electrons. The first-order valence-electron chi connectivity index (χ1n) is 8.72. The minimum Gasteiger partial charge on any atom is -0.497 e. The molecule has 6 nitrogen and oxygen atoms in total. The standard InChI is InChI=1S/C20H19F4NO5/c1-3-29-18(27)19(20(22,23)24,25-17(26)14-6-8-15(21)9-7-14)30-12-13-4-10-16(28-2)11-5-13/h4-11H,3,12H2,1-2H3,(H,25,26). The molecule has 1 amide bonds. The van der Waals surface area contributed by atoms with Crippen molar-refractivity contribution in [3.05, 3.63) is 65.5 Å². The van der Waals surface area contributed by atoms with E-state index in [0.717, 1.165) is 24.3 Å². The Hall–Kier alpha value is -3.14. The van der Waals surface area contributed by atoms with Crippen molar-refractivity contribution in [1.82, 2.24) is 5.32 Å². The van der Waals surface area contributed by atoms with Gasteiger partial charge in [-0.05, 0) is 48.9 Å². The molecule has 1 atom stereocenters. The molecule has 0 aliphatic rings. The SMILES string of the molecule is CCOC(=O)C(NC(=O)c1ccc(F)cc1)(OCc1ccc(OC)cc1)C(F)(F)F. The van der Waals surface area contributed by atoms with E-state index in [-0.39, 0.29) is 17.7 Å². The van der Waals surface area contributed by atoms with Crippen molar-refractivity contribution in [2.45, 2.75) is 25.4 Å².